The molecule has 3 heteroatoms. The molecule has 1 atom stereocenters. The standard InChI is InChI=1S/C10H9I2N/c1-5-6(2)13-9-4-7(11)3-8(12)10(5)9/h3-5H,1-2H3. The minimum Gasteiger partial charge on any atom is -0.257 e. The van der Waals surface area contributed by atoms with Crippen LogP contribution in [0.5, 0.6) is 0 Å². The highest BCUT2D eigenvalue weighted by Gasteiger charge is 2.22. The Morgan fingerprint density at radius 3 is 2.69 bits per heavy atom. The van der Waals surface area contributed by atoms with Gasteiger partial charge in [0.05, 0.1) is 5.69 Å². The van der Waals surface area contributed by atoms with Crippen molar-refractivity contribution in [2.75, 3.05) is 0 Å². The normalized spacial score (nSPS) is 20.0. The zero-order valence-electron chi connectivity index (χ0n) is 7.44. The van der Waals surface area contributed by atoms with Gasteiger partial charge in [0, 0.05) is 18.8 Å². The second kappa shape index (κ2) is 3.49. The van der Waals surface area contributed by atoms with Crippen LogP contribution >= 0.6 is 45.2 Å². The van der Waals surface area contributed by atoms with E-state index in [0.29, 0.717) is 5.92 Å². The summed E-state index contributed by atoms with van der Waals surface area (Å²) in [5.74, 6) is 0.499. The van der Waals surface area contributed by atoms with Gasteiger partial charge in [-0.1, -0.05) is 6.92 Å². The van der Waals surface area contributed by atoms with E-state index in [1.807, 2.05) is 0 Å². The lowest BCUT2D eigenvalue weighted by molar-refractivity contribution is 1.04. The monoisotopic (exact) mass is 397 g/mol. The molecule has 1 aliphatic rings. The van der Waals surface area contributed by atoms with Gasteiger partial charge in [0.15, 0.2) is 0 Å². The molecule has 0 fully saturated rings. The van der Waals surface area contributed by atoms with E-state index in [9.17, 15) is 0 Å². The molecule has 0 radical (unpaired) electrons. The molecule has 0 saturated heterocycles. The summed E-state index contributed by atoms with van der Waals surface area (Å²) in [5, 5.41) is 0. The first-order chi connectivity index (χ1) is 6.09. The van der Waals surface area contributed by atoms with E-state index in [1.165, 1.54) is 24.1 Å². The van der Waals surface area contributed by atoms with Crippen LogP contribution in [-0.4, -0.2) is 5.71 Å². The third-order valence-electron chi connectivity index (χ3n) is 2.43. The zero-order valence-corrected chi connectivity index (χ0v) is 11.8. The van der Waals surface area contributed by atoms with E-state index in [1.54, 1.807) is 0 Å². The molecule has 1 unspecified atom stereocenters. The van der Waals surface area contributed by atoms with Gasteiger partial charge in [-0.25, -0.2) is 0 Å². The number of rotatable bonds is 0. The largest absolute Gasteiger partial charge is 0.257 e. The fourth-order valence-electron chi connectivity index (χ4n) is 1.59. The Kier molecular flexibility index (Phi) is 2.65. The van der Waals surface area contributed by atoms with E-state index in [4.69, 9.17) is 0 Å². The predicted octanol–water partition coefficient (Wildman–Crippen LogP) is 4.11. The maximum absolute atomic E-state index is 4.56. The van der Waals surface area contributed by atoms with Crippen molar-refractivity contribution < 1.29 is 0 Å². The minimum atomic E-state index is 0.499. The van der Waals surface area contributed by atoms with Gasteiger partial charge in [-0.05, 0) is 69.8 Å². The van der Waals surface area contributed by atoms with E-state index in [0.717, 1.165) is 0 Å². The Morgan fingerprint density at radius 1 is 1.31 bits per heavy atom. The lowest BCUT2D eigenvalue weighted by atomic mass is 9.99. The van der Waals surface area contributed by atoms with Crippen molar-refractivity contribution in [1.29, 1.82) is 0 Å². The molecule has 68 valence electrons. The molecule has 1 heterocycles. The fourth-order valence-corrected chi connectivity index (χ4v) is 3.87. The fraction of sp³-hybridized carbons (Fsp3) is 0.300. The summed E-state index contributed by atoms with van der Waals surface area (Å²) in [6.45, 7) is 4.33. The van der Waals surface area contributed by atoms with Crippen molar-refractivity contribution in [2.24, 2.45) is 4.99 Å². The molecule has 13 heavy (non-hydrogen) atoms. The van der Waals surface area contributed by atoms with Crippen LogP contribution in [0.25, 0.3) is 0 Å². The van der Waals surface area contributed by atoms with Crippen LogP contribution < -0.4 is 0 Å². The van der Waals surface area contributed by atoms with Gasteiger partial charge < -0.3 is 0 Å². The molecule has 1 aliphatic heterocycles. The summed E-state index contributed by atoms with van der Waals surface area (Å²) < 4.78 is 2.61. The van der Waals surface area contributed by atoms with Crippen molar-refractivity contribution in [1.82, 2.24) is 0 Å². The highest BCUT2D eigenvalue weighted by Crippen LogP contribution is 2.39. The molecular weight excluding hydrogens is 388 g/mol. The number of fused-ring (bicyclic) bond motifs is 1. The van der Waals surface area contributed by atoms with Crippen molar-refractivity contribution in [3.63, 3.8) is 0 Å². The molecule has 2 rings (SSSR count). The molecule has 0 aliphatic carbocycles. The smallest absolute Gasteiger partial charge is 0.0688 e. The van der Waals surface area contributed by atoms with E-state index in [2.05, 4.69) is 76.2 Å². The molecule has 1 aromatic rings. The minimum absolute atomic E-state index is 0.499. The summed E-state index contributed by atoms with van der Waals surface area (Å²) in [7, 11) is 0. The number of halogens is 2. The number of aliphatic imine (C=N–C) groups is 1. The number of benzene rings is 1. The van der Waals surface area contributed by atoms with Crippen LogP contribution in [0.1, 0.15) is 25.3 Å². The molecule has 1 nitrogen and oxygen atoms in total. The molecule has 1 aromatic carbocycles. The van der Waals surface area contributed by atoms with Crippen molar-refractivity contribution in [2.45, 2.75) is 19.8 Å². The van der Waals surface area contributed by atoms with Gasteiger partial charge in [-0.15, -0.1) is 0 Å². The van der Waals surface area contributed by atoms with Crippen LogP contribution in [-0.2, 0) is 0 Å². The molecule has 0 aromatic heterocycles. The van der Waals surface area contributed by atoms with Crippen LogP contribution in [0.3, 0.4) is 0 Å². The van der Waals surface area contributed by atoms with Crippen molar-refractivity contribution in [3.8, 4) is 0 Å². The molecule has 0 N–H and O–H groups in total. The van der Waals surface area contributed by atoms with Crippen LogP contribution in [0.4, 0.5) is 5.69 Å². The first-order valence-electron chi connectivity index (χ1n) is 4.13. The topological polar surface area (TPSA) is 12.4 Å². The Morgan fingerprint density at radius 2 is 2.00 bits per heavy atom. The lowest BCUT2D eigenvalue weighted by Crippen LogP contribution is -2.00. The number of hydrogen-bond donors (Lipinski definition) is 0. The highest BCUT2D eigenvalue weighted by atomic mass is 127. The van der Waals surface area contributed by atoms with Crippen LogP contribution in [0.2, 0.25) is 0 Å². The summed E-state index contributed by atoms with van der Waals surface area (Å²) in [6.07, 6.45) is 0. The summed E-state index contributed by atoms with van der Waals surface area (Å²) in [5.41, 5.74) is 3.80. The third-order valence-corrected chi connectivity index (χ3v) is 3.94. The molecule has 0 saturated carbocycles. The molecule has 0 spiro atoms. The Hall–Kier alpha value is 0.350. The van der Waals surface area contributed by atoms with Gasteiger partial charge in [0.25, 0.3) is 0 Å². The summed E-state index contributed by atoms with van der Waals surface area (Å²) in [6, 6.07) is 4.37. The van der Waals surface area contributed by atoms with Crippen LogP contribution in [0.15, 0.2) is 17.1 Å². The van der Waals surface area contributed by atoms with E-state index < -0.39 is 0 Å². The van der Waals surface area contributed by atoms with Gasteiger partial charge in [-0.2, -0.15) is 0 Å². The number of nitrogens with zero attached hydrogens (tertiary/aromatic N) is 1. The van der Waals surface area contributed by atoms with Gasteiger partial charge in [0.2, 0.25) is 0 Å². The van der Waals surface area contributed by atoms with Gasteiger partial charge in [0.1, 0.15) is 0 Å². The van der Waals surface area contributed by atoms with Crippen LogP contribution in [0, 0.1) is 7.14 Å². The zero-order chi connectivity index (χ0) is 9.59. The quantitative estimate of drug-likeness (QED) is 0.585. The van der Waals surface area contributed by atoms with Crippen molar-refractivity contribution in [3.05, 3.63) is 24.8 Å². The maximum Gasteiger partial charge on any atom is 0.0688 e. The second-order valence-corrected chi connectivity index (χ2v) is 5.70. The Bertz CT molecular complexity index is 396. The molecule has 0 bridgehead atoms. The van der Waals surface area contributed by atoms with E-state index in [-0.39, 0.29) is 0 Å². The first-order valence-corrected chi connectivity index (χ1v) is 6.29. The average molecular weight is 397 g/mol. The number of hydrogen-bond acceptors (Lipinski definition) is 1. The summed E-state index contributed by atoms with van der Waals surface area (Å²) in [4.78, 5) is 4.56. The average Bonchev–Trinajstić information content (AvgIpc) is 2.27. The van der Waals surface area contributed by atoms with Gasteiger partial charge >= 0.3 is 0 Å². The van der Waals surface area contributed by atoms with Crippen molar-refractivity contribution >= 4 is 56.6 Å². The highest BCUT2D eigenvalue weighted by molar-refractivity contribution is 14.1. The van der Waals surface area contributed by atoms with E-state index >= 15 is 0 Å². The molecule has 0 amide bonds. The predicted molar refractivity (Wildman–Crippen MR) is 73.1 cm³/mol. The second-order valence-electron chi connectivity index (χ2n) is 3.30. The SMILES string of the molecule is CC1=Nc2cc(I)cc(I)c2C1C. The first kappa shape index (κ1) is 9.89. The Balaban J connectivity index is 2.66. The molecular formula is C10H9I2N. The Labute approximate surface area is 105 Å². The van der Waals surface area contributed by atoms with Gasteiger partial charge in [-0.3, -0.25) is 4.99 Å². The summed E-state index contributed by atoms with van der Waals surface area (Å²) >= 11 is 4.74. The maximum atomic E-state index is 4.56. The third kappa shape index (κ3) is 1.65. The lowest BCUT2D eigenvalue weighted by Gasteiger charge is -2.07.